The summed E-state index contributed by atoms with van der Waals surface area (Å²) in [5, 5.41) is 18.3. The summed E-state index contributed by atoms with van der Waals surface area (Å²) >= 11 is 0. The Bertz CT molecular complexity index is 401. The second kappa shape index (κ2) is 5.19. The summed E-state index contributed by atoms with van der Waals surface area (Å²) < 4.78 is 0. The number of carboxylic acids is 1. The smallest absolute Gasteiger partial charge is 0.337 e. The van der Waals surface area contributed by atoms with Crippen molar-refractivity contribution in [3.63, 3.8) is 0 Å². The number of aromatic carboxylic acids is 1. The van der Waals surface area contributed by atoms with Crippen LogP contribution in [0.1, 0.15) is 29.6 Å². The molecule has 0 atom stereocenters. The third-order valence-electron chi connectivity index (χ3n) is 3.30. The van der Waals surface area contributed by atoms with E-state index in [1.165, 1.54) is 6.42 Å². The van der Waals surface area contributed by atoms with E-state index in [1.54, 1.807) is 12.1 Å². The van der Waals surface area contributed by atoms with Gasteiger partial charge in [-0.1, -0.05) is 12.1 Å². The van der Waals surface area contributed by atoms with Crippen LogP contribution < -0.4 is 4.90 Å². The molecule has 92 valence electrons. The van der Waals surface area contributed by atoms with Crippen LogP contribution in [0.15, 0.2) is 24.3 Å². The van der Waals surface area contributed by atoms with Crippen LogP contribution in [0.25, 0.3) is 0 Å². The highest BCUT2D eigenvalue weighted by molar-refractivity contribution is 5.94. The number of anilines is 1. The van der Waals surface area contributed by atoms with Crippen LogP contribution in [-0.2, 0) is 0 Å². The third kappa shape index (κ3) is 2.42. The van der Waals surface area contributed by atoms with Crippen molar-refractivity contribution in [2.45, 2.75) is 25.3 Å². The van der Waals surface area contributed by atoms with Crippen LogP contribution in [-0.4, -0.2) is 35.4 Å². The van der Waals surface area contributed by atoms with Crippen molar-refractivity contribution in [1.29, 1.82) is 0 Å². The summed E-state index contributed by atoms with van der Waals surface area (Å²) in [6.45, 7) is 0.541. The monoisotopic (exact) mass is 235 g/mol. The fraction of sp³-hybridized carbons (Fsp3) is 0.462. The molecule has 0 heterocycles. The van der Waals surface area contributed by atoms with Gasteiger partial charge in [0.25, 0.3) is 0 Å². The van der Waals surface area contributed by atoms with Gasteiger partial charge in [-0.05, 0) is 31.4 Å². The van der Waals surface area contributed by atoms with E-state index < -0.39 is 5.97 Å². The lowest BCUT2D eigenvalue weighted by atomic mass is 9.90. The summed E-state index contributed by atoms with van der Waals surface area (Å²) in [7, 11) is 0. The van der Waals surface area contributed by atoms with Gasteiger partial charge in [0.15, 0.2) is 0 Å². The van der Waals surface area contributed by atoms with E-state index in [9.17, 15) is 4.79 Å². The van der Waals surface area contributed by atoms with E-state index in [0.29, 0.717) is 18.2 Å². The lowest BCUT2D eigenvalue weighted by molar-refractivity contribution is 0.0697. The predicted molar refractivity (Wildman–Crippen MR) is 65.5 cm³/mol. The van der Waals surface area contributed by atoms with Crippen molar-refractivity contribution in [3.8, 4) is 0 Å². The molecule has 0 aliphatic heterocycles. The molecule has 0 unspecified atom stereocenters. The summed E-state index contributed by atoms with van der Waals surface area (Å²) in [6.07, 6.45) is 3.34. The maximum Gasteiger partial charge on any atom is 0.337 e. The Labute approximate surface area is 100 Å². The fourth-order valence-corrected chi connectivity index (χ4v) is 2.21. The standard InChI is InChI=1S/C13H17NO3/c15-9-8-14(10-4-3-5-10)12-7-2-1-6-11(12)13(16)17/h1-2,6-7,10,15H,3-5,8-9H2,(H,16,17). The topological polar surface area (TPSA) is 60.8 Å². The number of hydrogen-bond donors (Lipinski definition) is 2. The van der Waals surface area contributed by atoms with Gasteiger partial charge in [-0.25, -0.2) is 4.79 Å². The van der Waals surface area contributed by atoms with E-state index in [1.807, 2.05) is 17.0 Å². The Kier molecular flexibility index (Phi) is 3.64. The number of carbonyl (C=O) groups is 1. The zero-order chi connectivity index (χ0) is 12.3. The highest BCUT2D eigenvalue weighted by atomic mass is 16.4. The van der Waals surface area contributed by atoms with E-state index in [4.69, 9.17) is 10.2 Å². The van der Waals surface area contributed by atoms with Gasteiger partial charge in [0.05, 0.1) is 17.9 Å². The van der Waals surface area contributed by atoms with Crippen molar-refractivity contribution in [2.75, 3.05) is 18.1 Å². The SMILES string of the molecule is O=C(O)c1ccccc1N(CCO)C1CCC1. The molecule has 2 N–H and O–H groups in total. The van der Waals surface area contributed by atoms with Crippen LogP contribution in [0.4, 0.5) is 5.69 Å². The first kappa shape index (κ1) is 11.9. The Morgan fingerprint density at radius 2 is 2.06 bits per heavy atom. The summed E-state index contributed by atoms with van der Waals surface area (Å²) in [5.74, 6) is -0.914. The Morgan fingerprint density at radius 1 is 1.35 bits per heavy atom. The first-order valence-corrected chi connectivity index (χ1v) is 5.94. The van der Waals surface area contributed by atoms with Gasteiger partial charge in [0.1, 0.15) is 0 Å². The molecular weight excluding hydrogens is 218 g/mol. The molecule has 0 amide bonds. The van der Waals surface area contributed by atoms with E-state index >= 15 is 0 Å². The molecule has 4 nitrogen and oxygen atoms in total. The number of benzene rings is 1. The van der Waals surface area contributed by atoms with Crippen molar-refractivity contribution >= 4 is 11.7 Å². The molecule has 1 aromatic rings. The normalized spacial score (nSPS) is 15.4. The summed E-state index contributed by atoms with van der Waals surface area (Å²) in [4.78, 5) is 13.2. The molecule has 4 heteroatoms. The maximum atomic E-state index is 11.2. The first-order valence-electron chi connectivity index (χ1n) is 5.94. The lowest BCUT2D eigenvalue weighted by Crippen LogP contribution is -2.42. The van der Waals surface area contributed by atoms with E-state index in [2.05, 4.69) is 0 Å². The minimum Gasteiger partial charge on any atom is -0.478 e. The largest absolute Gasteiger partial charge is 0.478 e. The van der Waals surface area contributed by atoms with Crippen molar-refractivity contribution in [1.82, 2.24) is 0 Å². The van der Waals surface area contributed by atoms with Gasteiger partial charge in [-0.15, -0.1) is 0 Å². The molecule has 0 radical (unpaired) electrons. The van der Waals surface area contributed by atoms with Crippen LogP contribution in [0.2, 0.25) is 0 Å². The van der Waals surface area contributed by atoms with Crippen LogP contribution in [0, 0.1) is 0 Å². The van der Waals surface area contributed by atoms with Crippen LogP contribution >= 0.6 is 0 Å². The number of nitrogens with zero attached hydrogens (tertiary/aromatic N) is 1. The molecular formula is C13H17NO3. The molecule has 0 saturated heterocycles. The third-order valence-corrected chi connectivity index (χ3v) is 3.30. The number of aliphatic hydroxyl groups excluding tert-OH is 1. The number of para-hydroxylation sites is 1. The van der Waals surface area contributed by atoms with Crippen molar-refractivity contribution in [3.05, 3.63) is 29.8 Å². The molecule has 1 aliphatic carbocycles. The highest BCUT2D eigenvalue weighted by Gasteiger charge is 2.27. The molecule has 1 aliphatic rings. The lowest BCUT2D eigenvalue weighted by Gasteiger charge is -2.39. The number of hydrogen-bond acceptors (Lipinski definition) is 3. The van der Waals surface area contributed by atoms with E-state index in [0.717, 1.165) is 18.5 Å². The molecule has 0 aromatic heterocycles. The average molecular weight is 235 g/mol. The molecule has 2 rings (SSSR count). The van der Waals surface area contributed by atoms with Gasteiger partial charge in [-0.3, -0.25) is 0 Å². The van der Waals surface area contributed by atoms with E-state index in [-0.39, 0.29) is 6.61 Å². The second-order valence-electron chi connectivity index (χ2n) is 4.32. The predicted octanol–water partition coefficient (Wildman–Crippen LogP) is 1.74. The maximum absolute atomic E-state index is 11.2. The van der Waals surface area contributed by atoms with Crippen LogP contribution in [0.5, 0.6) is 0 Å². The minimum absolute atomic E-state index is 0.0461. The number of aliphatic hydroxyl groups is 1. The quantitative estimate of drug-likeness (QED) is 0.816. The van der Waals surface area contributed by atoms with Crippen LogP contribution in [0.3, 0.4) is 0 Å². The Balaban J connectivity index is 2.30. The van der Waals surface area contributed by atoms with Gasteiger partial charge in [0.2, 0.25) is 0 Å². The van der Waals surface area contributed by atoms with Gasteiger partial charge >= 0.3 is 5.97 Å². The molecule has 1 aromatic carbocycles. The molecule has 1 saturated carbocycles. The first-order chi connectivity index (χ1) is 8.24. The molecule has 0 spiro atoms. The van der Waals surface area contributed by atoms with Gasteiger partial charge in [-0.2, -0.15) is 0 Å². The number of carboxylic acid groups (broad SMARTS) is 1. The number of rotatable bonds is 5. The summed E-state index contributed by atoms with van der Waals surface area (Å²) in [5.41, 5.74) is 1.03. The van der Waals surface area contributed by atoms with Gasteiger partial charge < -0.3 is 15.1 Å². The molecule has 0 bridgehead atoms. The highest BCUT2D eigenvalue weighted by Crippen LogP contribution is 2.31. The Morgan fingerprint density at radius 3 is 2.59 bits per heavy atom. The second-order valence-corrected chi connectivity index (χ2v) is 4.32. The van der Waals surface area contributed by atoms with Crippen molar-refractivity contribution < 1.29 is 15.0 Å². The molecule has 1 fully saturated rings. The minimum atomic E-state index is -0.914. The van der Waals surface area contributed by atoms with Gasteiger partial charge in [0, 0.05) is 12.6 Å². The summed E-state index contributed by atoms with van der Waals surface area (Å²) in [6, 6.07) is 7.37. The fourth-order valence-electron chi connectivity index (χ4n) is 2.21. The zero-order valence-electron chi connectivity index (χ0n) is 9.67. The average Bonchev–Trinajstić information content (AvgIpc) is 2.26. The Hall–Kier alpha value is -1.55. The van der Waals surface area contributed by atoms with Crippen molar-refractivity contribution in [2.24, 2.45) is 0 Å². The zero-order valence-corrected chi connectivity index (χ0v) is 9.67. The molecule has 17 heavy (non-hydrogen) atoms.